The van der Waals surface area contributed by atoms with E-state index in [9.17, 15) is 9.18 Å². The zero-order valence-corrected chi connectivity index (χ0v) is 16.8. The van der Waals surface area contributed by atoms with Crippen LogP contribution in [-0.2, 0) is 0 Å². The number of hydrogen-bond donors (Lipinski definition) is 3. The van der Waals surface area contributed by atoms with Gasteiger partial charge in [-0.25, -0.2) is 9.37 Å². The molecule has 7 nitrogen and oxygen atoms in total. The molecule has 29 heavy (non-hydrogen) atoms. The molecule has 1 aromatic carbocycles. The standard InChI is InChI=1S/C21H24FN5O2/c1-11(23)19-13-7-18(20(24)26-9-13)29-12(2)16-8-14(22)5-6-15(16)21(28)27(4)10-17(19)25-3/h5-9,12,23,25H,10H2,1-4H3,(H2,24,26)/b19-17+,23-11?. The Hall–Kier alpha value is -3.42. The highest BCUT2D eigenvalue weighted by Crippen LogP contribution is 2.32. The topological polar surface area (TPSA) is 104 Å². The normalized spacial score (nSPS) is 19.6. The van der Waals surface area contributed by atoms with Crippen LogP contribution < -0.4 is 15.8 Å². The molecule has 3 rings (SSSR count). The summed E-state index contributed by atoms with van der Waals surface area (Å²) in [7, 11) is 3.39. The second-order valence-electron chi connectivity index (χ2n) is 6.99. The van der Waals surface area contributed by atoms with Gasteiger partial charge in [-0.3, -0.25) is 4.79 Å². The molecule has 1 aliphatic heterocycles. The fraction of sp³-hybridized carbons (Fsp3) is 0.286. The number of nitrogens with zero attached hydrogens (tertiary/aromatic N) is 2. The number of nitrogen functional groups attached to an aromatic ring is 1. The number of halogens is 1. The third kappa shape index (κ3) is 3.91. The van der Waals surface area contributed by atoms with Gasteiger partial charge in [0, 0.05) is 54.0 Å². The number of carbonyl (C=O) groups is 1. The summed E-state index contributed by atoms with van der Waals surface area (Å²) in [6.45, 7) is 3.62. The fourth-order valence-corrected chi connectivity index (χ4v) is 3.42. The molecule has 4 N–H and O–H groups in total. The number of amides is 1. The Bertz CT molecular complexity index is 1020. The number of aromatic nitrogens is 1. The van der Waals surface area contributed by atoms with Crippen LogP contribution in [0.5, 0.6) is 5.75 Å². The van der Waals surface area contributed by atoms with Crippen LogP contribution in [0.15, 0.2) is 36.2 Å². The van der Waals surface area contributed by atoms with Crippen molar-refractivity contribution in [2.24, 2.45) is 0 Å². The lowest BCUT2D eigenvalue weighted by Crippen LogP contribution is -2.34. The molecule has 0 spiro atoms. The minimum Gasteiger partial charge on any atom is -0.482 e. The van der Waals surface area contributed by atoms with Crippen molar-refractivity contribution in [3.05, 3.63) is 58.7 Å². The number of fused-ring (bicyclic) bond motifs is 3. The van der Waals surface area contributed by atoms with E-state index in [1.807, 2.05) is 0 Å². The summed E-state index contributed by atoms with van der Waals surface area (Å²) in [5.41, 5.74) is 8.98. The van der Waals surface area contributed by atoms with E-state index in [0.29, 0.717) is 39.4 Å². The number of pyridine rings is 1. The highest BCUT2D eigenvalue weighted by atomic mass is 19.1. The maximum Gasteiger partial charge on any atom is 0.254 e. The number of ether oxygens (including phenoxy) is 1. The van der Waals surface area contributed by atoms with Crippen LogP contribution in [0.3, 0.4) is 0 Å². The van der Waals surface area contributed by atoms with Crippen LogP contribution in [-0.4, -0.2) is 42.1 Å². The summed E-state index contributed by atoms with van der Waals surface area (Å²) in [6, 6.07) is 5.72. The summed E-state index contributed by atoms with van der Waals surface area (Å²) in [5, 5.41) is 11.3. The molecule has 0 saturated carbocycles. The van der Waals surface area contributed by atoms with Gasteiger partial charge in [0.25, 0.3) is 5.91 Å². The van der Waals surface area contributed by atoms with Crippen molar-refractivity contribution in [2.75, 3.05) is 26.4 Å². The van der Waals surface area contributed by atoms with Gasteiger partial charge in [0.1, 0.15) is 11.9 Å². The number of nitrogens with two attached hydrogens (primary N) is 1. The molecule has 2 bridgehead atoms. The van der Waals surface area contributed by atoms with Crippen molar-refractivity contribution in [1.82, 2.24) is 15.2 Å². The molecule has 1 aliphatic rings. The Morgan fingerprint density at radius 2 is 2.14 bits per heavy atom. The van der Waals surface area contributed by atoms with Gasteiger partial charge in [-0.05, 0) is 38.1 Å². The number of nitrogens with one attached hydrogen (secondary N) is 2. The highest BCUT2D eigenvalue weighted by molar-refractivity contribution is 6.22. The molecule has 1 aromatic heterocycles. The van der Waals surface area contributed by atoms with E-state index < -0.39 is 11.9 Å². The van der Waals surface area contributed by atoms with Gasteiger partial charge in [0.15, 0.2) is 11.6 Å². The highest BCUT2D eigenvalue weighted by Gasteiger charge is 2.25. The summed E-state index contributed by atoms with van der Waals surface area (Å²) >= 11 is 0. The number of hydrogen-bond acceptors (Lipinski definition) is 6. The first kappa shape index (κ1) is 20.3. The lowest BCUT2D eigenvalue weighted by Gasteiger charge is -2.26. The minimum absolute atomic E-state index is 0.173. The van der Waals surface area contributed by atoms with E-state index in [1.54, 1.807) is 40.2 Å². The lowest BCUT2D eigenvalue weighted by atomic mass is 9.98. The minimum atomic E-state index is -0.644. The zero-order valence-electron chi connectivity index (χ0n) is 16.8. The van der Waals surface area contributed by atoms with E-state index in [4.69, 9.17) is 15.9 Å². The SMILES string of the molecule is CN/C1=C(\C(C)=N)c2cnc(N)c(c2)OC(C)c2cc(F)ccc2C(=O)N(C)C1. The van der Waals surface area contributed by atoms with Crippen molar-refractivity contribution in [3.63, 3.8) is 0 Å². The molecule has 0 fully saturated rings. The van der Waals surface area contributed by atoms with Gasteiger partial charge in [-0.1, -0.05) is 0 Å². The molecule has 0 radical (unpaired) electrons. The van der Waals surface area contributed by atoms with Crippen LogP contribution in [0.4, 0.5) is 10.2 Å². The van der Waals surface area contributed by atoms with E-state index in [2.05, 4.69) is 10.3 Å². The summed E-state index contributed by atoms with van der Waals surface area (Å²) in [5.74, 6) is -0.257. The molecule has 1 unspecified atom stereocenters. The molecular weight excluding hydrogens is 373 g/mol. The van der Waals surface area contributed by atoms with Gasteiger partial charge in [0.05, 0.1) is 6.54 Å². The van der Waals surface area contributed by atoms with E-state index >= 15 is 0 Å². The molecule has 0 saturated heterocycles. The van der Waals surface area contributed by atoms with Crippen molar-refractivity contribution in [1.29, 1.82) is 5.41 Å². The van der Waals surface area contributed by atoms with Crippen molar-refractivity contribution < 1.29 is 13.9 Å². The van der Waals surface area contributed by atoms with Crippen molar-refractivity contribution >= 4 is 23.0 Å². The molecule has 1 amide bonds. The smallest absolute Gasteiger partial charge is 0.254 e. The number of carbonyl (C=O) groups excluding carboxylic acids is 1. The van der Waals surface area contributed by atoms with Gasteiger partial charge < -0.3 is 26.1 Å². The van der Waals surface area contributed by atoms with Crippen LogP contribution in [0.1, 0.15) is 41.4 Å². The first-order valence-corrected chi connectivity index (χ1v) is 9.16. The third-order valence-corrected chi connectivity index (χ3v) is 4.88. The first-order chi connectivity index (χ1) is 13.7. The monoisotopic (exact) mass is 397 g/mol. The van der Waals surface area contributed by atoms with E-state index in [0.717, 1.165) is 0 Å². The molecule has 0 aliphatic carbocycles. The number of likely N-dealkylation sites (N-methyl/N-ethyl adjacent to an activating group) is 2. The Morgan fingerprint density at radius 1 is 1.41 bits per heavy atom. The second-order valence-corrected chi connectivity index (χ2v) is 6.99. The van der Waals surface area contributed by atoms with Gasteiger partial charge in [0.2, 0.25) is 0 Å². The molecule has 8 heteroatoms. The largest absolute Gasteiger partial charge is 0.482 e. The average Bonchev–Trinajstić information content (AvgIpc) is 2.68. The van der Waals surface area contributed by atoms with Gasteiger partial charge in [-0.15, -0.1) is 0 Å². The molecule has 2 heterocycles. The molecule has 1 atom stereocenters. The average molecular weight is 397 g/mol. The number of benzene rings is 1. The zero-order chi connectivity index (χ0) is 21.3. The van der Waals surface area contributed by atoms with Crippen LogP contribution in [0, 0.1) is 11.2 Å². The Labute approximate surface area is 168 Å². The molecular formula is C21H24FN5O2. The summed E-state index contributed by atoms with van der Waals surface area (Å²) in [4.78, 5) is 18.9. The van der Waals surface area contributed by atoms with Gasteiger partial charge in [-0.2, -0.15) is 0 Å². The Balaban J connectivity index is 2.28. The number of anilines is 1. The van der Waals surface area contributed by atoms with E-state index in [-0.39, 0.29) is 18.3 Å². The Kier molecular flexibility index (Phi) is 5.54. The van der Waals surface area contributed by atoms with Crippen molar-refractivity contribution in [2.45, 2.75) is 20.0 Å². The van der Waals surface area contributed by atoms with E-state index in [1.165, 1.54) is 23.1 Å². The third-order valence-electron chi connectivity index (χ3n) is 4.88. The predicted molar refractivity (Wildman–Crippen MR) is 110 cm³/mol. The van der Waals surface area contributed by atoms with Crippen LogP contribution in [0.25, 0.3) is 5.57 Å². The summed E-state index contributed by atoms with van der Waals surface area (Å²) < 4.78 is 19.9. The molecule has 2 aromatic rings. The number of allylic oxidation sites excluding steroid dienone is 1. The Morgan fingerprint density at radius 3 is 2.79 bits per heavy atom. The lowest BCUT2D eigenvalue weighted by molar-refractivity contribution is 0.0800. The first-order valence-electron chi connectivity index (χ1n) is 9.16. The maximum absolute atomic E-state index is 13.9. The predicted octanol–water partition coefficient (Wildman–Crippen LogP) is 3.00. The van der Waals surface area contributed by atoms with Crippen molar-refractivity contribution in [3.8, 4) is 5.75 Å². The second kappa shape index (κ2) is 7.90. The van der Waals surface area contributed by atoms with Gasteiger partial charge >= 0.3 is 0 Å². The molecule has 152 valence electrons. The maximum atomic E-state index is 13.9. The summed E-state index contributed by atoms with van der Waals surface area (Å²) in [6.07, 6.45) is 0.924. The fourth-order valence-electron chi connectivity index (χ4n) is 3.42. The number of rotatable bonds is 2. The quantitative estimate of drug-likeness (QED) is 0.676. The van der Waals surface area contributed by atoms with Crippen LogP contribution in [0.2, 0.25) is 0 Å². The van der Waals surface area contributed by atoms with Crippen LogP contribution >= 0.6 is 0 Å².